The molecule has 1 rings (SSSR count). The number of hydrogen-bond acceptors (Lipinski definition) is 5. The second-order valence-corrected chi connectivity index (χ2v) is 4.15. The van der Waals surface area contributed by atoms with Crippen molar-refractivity contribution < 1.29 is 19.1 Å². The molecule has 0 saturated heterocycles. The zero-order chi connectivity index (χ0) is 15.1. The Morgan fingerprint density at radius 3 is 2.45 bits per heavy atom. The number of nitrogens with two attached hydrogens (primary N) is 1. The SMILES string of the molecule is COc1ccc(CNC(C)C(=O)NC(N)=O)cc1OC. The Kier molecular flexibility index (Phi) is 5.79. The van der Waals surface area contributed by atoms with Crippen molar-refractivity contribution in [2.24, 2.45) is 5.73 Å². The van der Waals surface area contributed by atoms with Gasteiger partial charge >= 0.3 is 6.03 Å². The van der Waals surface area contributed by atoms with Gasteiger partial charge in [0.1, 0.15) is 0 Å². The molecule has 1 atom stereocenters. The van der Waals surface area contributed by atoms with Gasteiger partial charge < -0.3 is 20.5 Å². The summed E-state index contributed by atoms with van der Waals surface area (Å²) in [6.07, 6.45) is 0. The fourth-order valence-corrected chi connectivity index (χ4v) is 1.58. The Morgan fingerprint density at radius 2 is 1.90 bits per heavy atom. The Bertz CT molecular complexity index is 491. The number of amides is 3. The van der Waals surface area contributed by atoms with Crippen molar-refractivity contribution in [1.82, 2.24) is 10.6 Å². The van der Waals surface area contributed by atoms with Crippen molar-refractivity contribution in [3.63, 3.8) is 0 Å². The molecule has 7 nitrogen and oxygen atoms in total. The summed E-state index contributed by atoms with van der Waals surface area (Å²) >= 11 is 0. The molecule has 7 heteroatoms. The Morgan fingerprint density at radius 1 is 1.25 bits per heavy atom. The van der Waals surface area contributed by atoms with Gasteiger partial charge in [-0.15, -0.1) is 0 Å². The minimum absolute atomic E-state index is 0.438. The molecule has 0 heterocycles. The van der Waals surface area contributed by atoms with Crippen molar-refractivity contribution in [3.8, 4) is 11.5 Å². The molecular weight excluding hydrogens is 262 g/mol. The van der Waals surface area contributed by atoms with Gasteiger partial charge in [0.15, 0.2) is 11.5 Å². The first kappa shape index (κ1) is 15.8. The lowest BCUT2D eigenvalue weighted by Crippen LogP contribution is -2.46. The summed E-state index contributed by atoms with van der Waals surface area (Å²) in [5.41, 5.74) is 5.80. The molecule has 110 valence electrons. The molecule has 0 aliphatic heterocycles. The summed E-state index contributed by atoms with van der Waals surface area (Å²) in [5, 5.41) is 4.99. The van der Waals surface area contributed by atoms with Crippen LogP contribution in [0, 0.1) is 0 Å². The summed E-state index contributed by atoms with van der Waals surface area (Å²) in [4.78, 5) is 22.1. The average Bonchev–Trinajstić information content (AvgIpc) is 2.43. The van der Waals surface area contributed by atoms with Crippen molar-refractivity contribution >= 4 is 11.9 Å². The Hall–Kier alpha value is -2.28. The van der Waals surface area contributed by atoms with Gasteiger partial charge in [0, 0.05) is 6.54 Å². The highest BCUT2D eigenvalue weighted by atomic mass is 16.5. The van der Waals surface area contributed by atoms with Crippen LogP contribution in [0.3, 0.4) is 0 Å². The van der Waals surface area contributed by atoms with Gasteiger partial charge in [-0.3, -0.25) is 10.1 Å². The van der Waals surface area contributed by atoms with Crippen LogP contribution < -0.4 is 25.8 Å². The van der Waals surface area contributed by atoms with E-state index in [4.69, 9.17) is 15.2 Å². The van der Waals surface area contributed by atoms with Gasteiger partial charge in [0.05, 0.1) is 20.3 Å². The molecule has 0 aromatic heterocycles. The van der Waals surface area contributed by atoms with Crippen LogP contribution in [0.4, 0.5) is 4.79 Å². The van der Waals surface area contributed by atoms with Crippen LogP contribution in [0.2, 0.25) is 0 Å². The maximum absolute atomic E-state index is 11.5. The molecule has 0 spiro atoms. The smallest absolute Gasteiger partial charge is 0.318 e. The summed E-state index contributed by atoms with van der Waals surface area (Å²) in [5.74, 6) is 0.773. The molecule has 4 N–H and O–H groups in total. The number of nitrogens with one attached hydrogen (secondary N) is 2. The van der Waals surface area contributed by atoms with Gasteiger partial charge in [-0.25, -0.2) is 4.79 Å². The summed E-state index contributed by atoms with van der Waals surface area (Å²) < 4.78 is 10.3. The molecule has 0 bridgehead atoms. The van der Waals surface area contributed by atoms with Gasteiger partial charge in [0.25, 0.3) is 0 Å². The molecule has 0 aliphatic rings. The Balaban J connectivity index is 2.61. The summed E-state index contributed by atoms with van der Waals surface area (Å²) in [7, 11) is 3.12. The third-order valence-corrected chi connectivity index (χ3v) is 2.70. The lowest BCUT2D eigenvalue weighted by atomic mass is 10.2. The maximum Gasteiger partial charge on any atom is 0.318 e. The van der Waals surface area contributed by atoms with Crippen molar-refractivity contribution in [1.29, 1.82) is 0 Å². The van der Waals surface area contributed by atoms with Crippen LogP contribution in [0.25, 0.3) is 0 Å². The lowest BCUT2D eigenvalue weighted by molar-refractivity contribution is -0.121. The summed E-state index contributed by atoms with van der Waals surface area (Å²) in [6, 6.07) is 4.03. The van der Waals surface area contributed by atoms with Crippen LogP contribution in [0.5, 0.6) is 11.5 Å². The van der Waals surface area contributed by atoms with E-state index in [-0.39, 0.29) is 0 Å². The summed E-state index contributed by atoms with van der Waals surface area (Å²) in [6.45, 7) is 2.08. The topological polar surface area (TPSA) is 103 Å². The fraction of sp³-hybridized carbons (Fsp3) is 0.385. The second kappa shape index (κ2) is 7.34. The van der Waals surface area contributed by atoms with Crippen LogP contribution >= 0.6 is 0 Å². The predicted octanol–water partition coefficient (Wildman–Crippen LogP) is 0.377. The standard InChI is InChI=1S/C13H19N3O4/c1-8(12(17)16-13(14)18)15-7-9-4-5-10(19-2)11(6-9)20-3/h4-6,8,15H,7H2,1-3H3,(H3,14,16,17,18). The number of rotatable bonds is 6. The number of ether oxygens (including phenoxy) is 2. The van der Waals surface area contributed by atoms with Crippen LogP contribution in [0.15, 0.2) is 18.2 Å². The molecule has 1 aromatic carbocycles. The quantitative estimate of drug-likeness (QED) is 0.699. The highest BCUT2D eigenvalue weighted by molar-refractivity contribution is 5.96. The molecule has 0 saturated carbocycles. The van der Waals surface area contributed by atoms with Crippen LogP contribution in [-0.2, 0) is 11.3 Å². The molecule has 20 heavy (non-hydrogen) atoms. The largest absolute Gasteiger partial charge is 0.493 e. The van der Waals surface area contributed by atoms with Gasteiger partial charge in [-0.2, -0.15) is 0 Å². The zero-order valence-corrected chi connectivity index (χ0v) is 11.7. The molecular formula is C13H19N3O4. The van der Waals surface area contributed by atoms with Gasteiger partial charge in [-0.1, -0.05) is 6.07 Å². The van der Waals surface area contributed by atoms with Crippen molar-refractivity contribution in [3.05, 3.63) is 23.8 Å². The fourth-order valence-electron chi connectivity index (χ4n) is 1.58. The van der Waals surface area contributed by atoms with E-state index in [0.717, 1.165) is 5.56 Å². The van der Waals surface area contributed by atoms with Gasteiger partial charge in [0.2, 0.25) is 5.91 Å². The van der Waals surface area contributed by atoms with E-state index in [1.165, 1.54) is 0 Å². The minimum atomic E-state index is -0.866. The first-order valence-corrected chi connectivity index (χ1v) is 6.02. The van der Waals surface area contributed by atoms with Crippen LogP contribution in [0.1, 0.15) is 12.5 Å². The number of carbonyl (C=O) groups excluding carboxylic acids is 2. The molecule has 0 aliphatic carbocycles. The van der Waals surface area contributed by atoms with Crippen molar-refractivity contribution in [2.45, 2.75) is 19.5 Å². The molecule has 3 amide bonds. The normalized spacial score (nSPS) is 11.6. The molecule has 0 radical (unpaired) electrons. The predicted molar refractivity (Wildman–Crippen MR) is 73.6 cm³/mol. The van der Waals surface area contributed by atoms with E-state index in [0.29, 0.717) is 18.0 Å². The van der Waals surface area contributed by atoms with Gasteiger partial charge in [-0.05, 0) is 24.6 Å². The maximum atomic E-state index is 11.5. The van der Waals surface area contributed by atoms with E-state index in [9.17, 15) is 9.59 Å². The van der Waals surface area contributed by atoms with E-state index in [1.807, 2.05) is 17.4 Å². The minimum Gasteiger partial charge on any atom is -0.493 e. The number of imide groups is 1. The van der Waals surface area contributed by atoms with E-state index in [1.54, 1.807) is 27.2 Å². The number of hydrogen-bond donors (Lipinski definition) is 3. The van der Waals surface area contributed by atoms with E-state index in [2.05, 4.69) is 5.32 Å². The molecule has 1 unspecified atom stereocenters. The third-order valence-electron chi connectivity index (χ3n) is 2.70. The number of urea groups is 1. The average molecular weight is 281 g/mol. The highest BCUT2D eigenvalue weighted by Gasteiger charge is 2.14. The second-order valence-electron chi connectivity index (χ2n) is 4.15. The first-order valence-electron chi connectivity index (χ1n) is 6.02. The Labute approximate surface area is 117 Å². The van der Waals surface area contributed by atoms with Crippen molar-refractivity contribution in [2.75, 3.05) is 14.2 Å². The lowest BCUT2D eigenvalue weighted by Gasteiger charge is -2.14. The number of benzene rings is 1. The highest BCUT2D eigenvalue weighted by Crippen LogP contribution is 2.27. The molecule has 0 fully saturated rings. The number of carbonyl (C=O) groups is 2. The van der Waals surface area contributed by atoms with E-state index >= 15 is 0 Å². The number of primary amides is 1. The molecule has 1 aromatic rings. The monoisotopic (exact) mass is 281 g/mol. The number of methoxy groups -OCH3 is 2. The van der Waals surface area contributed by atoms with E-state index < -0.39 is 18.0 Å². The van der Waals surface area contributed by atoms with Crippen LogP contribution in [-0.4, -0.2) is 32.2 Å². The third kappa shape index (κ3) is 4.43. The first-order chi connectivity index (χ1) is 9.47. The zero-order valence-electron chi connectivity index (χ0n) is 11.7.